The van der Waals surface area contributed by atoms with Gasteiger partial charge >= 0.3 is 0 Å². The van der Waals surface area contributed by atoms with Crippen molar-refractivity contribution in [3.8, 4) is 0 Å². The van der Waals surface area contributed by atoms with Crippen LogP contribution in [-0.4, -0.2) is 21.4 Å². The summed E-state index contributed by atoms with van der Waals surface area (Å²) in [4.78, 5) is 47.2. The van der Waals surface area contributed by atoms with Crippen LogP contribution >= 0.6 is 0 Å². The quantitative estimate of drug-likeness (QED) is 0.315. The number of para-hydroxylation sites is 2. The molecule has 1 fully saturated rings. The number of rotatable bonds is 8. The van der Waals surface area contributed by atoms with Gasteiger partial charge in [-0.05, 0) is 31.4 Å². The summed E-state index contributed by atoms with van der Waals surface area (Å²) in [6, 6.07) is 12.5. The van der Waals surface area contributed by atoms with E-state index in [0.717, 1.165) is 0 Å². The van der Waals surface area contributed by atoms with Crippen LogP contribution < -0.4 is 0 Å². The molecule has 2 aromatic carbocycles. The maximum absolute atomic E-state index is 12.9. The Morgan fingerprint density at radius 1 is 0.750 bits per heavy atom. The summed E-state index contributed by atoms with van der Waals surface area (Å²) in [7, 11) is 0. The predicted octanol–water partition coefficient (Wildman–Crippen LogP) is 5.32. The molecule has 8 nitrogen and oxygen atoms in total. The monoisotopic (exact) mass is 434 g/mol. The molecule has 2 aromatic rings. The fraction of sp³-hybridized carbons (Fsp3) is 0.250. The molecule has 0 saturated heterocycles. The molecule has 0 aliphatic heterocycles. The van der Waals surface area contributed by atoms with Crippen molar-refractivity contribution in [1.29, 1.82) is 0 Å². The van der Waals surface area contributed by atoms with Crippen molar-refractivity contribution in [1.82, 2.24) is 0 Å². The average molecular weight is 434 g/mol. The van der Waals surface area contributed by atoms with E-state index in [0.29, 0.717) is 17.5 Å². The first kappa shape index (κ1) is 22.7. The van der Waals surface area contributed by atoms with Gasteiger partial charge in [-0.25, -0.2) is 0 Å². The molecule has 0 heterocycles. The van der Waals surface area contributed by atoms with Crippen LogP contribution in [0, 0.1) is 25.6 Å². The topological polar surface area (TPSA) is 120 Å². The van der Waals surface area contributed by atoms with Gasteiger partial charge < -0.3 is 0 Å². The van der Waals surface area contributed by atoms with E-state index < -0.39 is 15.3 Å². The molecular weight excluding hydrogens is 412 g/mol. The number of Topliss-reactive ketones (excluding diaryl/α,β-unsaturated/α-hetero) is 2. The number of nitro benzene ring substituents is 2. The van der Waals surface area contributed by atoms with E-state index in [9.17, 15) is 29.8 Å². The number of carbonyl (C=O) groups excluding carboxylic acids is 2. The number of hydrogen-bond donors (Lipinski definition) is 0. The highest BCUT2D eigenvalue weighted by Crippen LogP contribution is 2.38. The third kappa shape index (κ3) is 4.85. The number of benzene rings is 2. The molecule has 1 saturated carbocycles. The Morgan fingerprint density at radius 2 is 1.16 bits per heavy atom. The van der Waals surface area contributed by atoms with E-state index in [2.05, 4.69) is 0 Å². The number of nitrogens with zero attached hydrogens (tertiary/aromatic N) is 2. The van der Waals surface area contributed by atoms with Gasteiger partial charge in [-0.2, -0.15) is 0 Å². The van der Waals surface area contributed by atoms with E-state index in [1.165, 1.54) is 12.1 Å². The van der Waals surface area contributed by atoms with Gasteiger partial charge in [0.1, 0.15) is 11.6 Å². The van der Waals surface area contributed by atoms with E-state index in [4.69, 9.17) is 0 Å². The molecule has 0 amide bonds. The Hall–Kier alpha value is -3.94. The van der Waals surface area contributed by atoms with Gasteiger partial charge in [0.25, 0.3) is 11.4 Å². The summed E-state index contributed by atoms with van der Waals surface area (Å²) in [6.07, 6.45) is 7.65. The molecule has 0 bridgehead atoms. The van der Waals surface area contributed by atoms with Crippen LogP contribution in [0.2, 0.25) is 0 Å². The van der Waals surface area contributed by atoms with Crippen LogP contribution in [0.1, 0.15) is 43.2 Å². The molecule has 0 unspecified atom stereocenters. The zero-order chi connectivity index (χ0) is 23.1. The zero-order valence-electron chi connectivity index (χ0n) is 17.3. The smallest absolute Gasteiger partial charge is 0.276 e. The second-order valence-electron chi connectivity index (χ2n) is 7.63. The maximum Gasteiger partial charge on any atom is 0.276 e. The number of nitro groups is 2. The van der Waals surface area contributed by atoms with Gasteiger partial charge in [0.15, 0.2) is 0 Å². The first-order chi connectivity index (χ1) is 15.3. The largest absolute Gasteiger partial charge is 0.299 e. The number of ketones is 2. The standard InChI is InChI=1S/C24H22N2O6/c27-22-14-5-15-23(28)24(22,16-6-10-18-8-1-3-12-20(18)25(29)30)17-7-11-19-9-2-4-13-21(19)26(31)32/h1-4,6-13H,5,14-17H2/b10-6+,11-7+. The lowest BCUT2D eigenvalue weighted by molar-refractivity contribution is -0.385. The molecule has 1 aliphatic carbocycles. The highest BCUT2D eigenvalue weighted by molar-refractivity contribution is 6.09. The van der Waals surface area contributed by atoms with Crippen molar-refractivity contribution in [2.45, 2.75) is 32.1 Å². The molecule has 0 N–H and O–H groups in total. The molecule has 32 heavy (non-hydrogen) atoms. The van der Waals surface area contributed by atoms with Gasteiger partial charge in [-0.15, -0.1) is 0 Å². The Balaban J connectivity index is 1.87. The first-order valence-corrected chi connectivity index (χ1v) is 10.2. The van der Waals surface area contributed by atoms with Crippen molar-refractivity contribution in [3.05, 3.63) is 92.0 Å². The Bertz CT molecular complexity index is 1030. The molecule has 0 aromatic heterocycles. The minimum atomic E-state index is -1.27. The van der Waals surface area contributed by atoms with Crippen molar-refractivity contribution < 1.29 is 19.4 Å². The third-order valence-corrected chi connectivity index (χ3v) is 5.67. The molecule has 0 spiro atoms. The lowest BCUT2D eigenvalue weighted by Crippen LogP contribution is -2.41. The normalized spacial score (nSPS) is 16.0. The Kier molecular flexibility index (Phi) is 7.04. The van der Waals surface area contributed by atoms with Crippen LogP contribution in [-0.2, 0) is 9.59 Å². The lowest BCUT2D eigenvalue weighted by atomic mass is 9.67. The summed E-state index contributed by atoms with van der Waals surface area (Å²) in [5, 5.41) is 22.4. The van der Waals surface area contributed by atoms with Crippen LogP contribution in [0.15, 0.2) is 60.7 Å². The van der Waals surface area contributed by atoms with Gasteiger partial charge in [-0.3, -0.25) is 29.8 Å². The van der Waals surface area contributed by atoms with E-state index in [-0.39, 0.29) is 48.6 Å². The van der Waals surface area contributed by atoms with Crippen molar-refractivity contribution >= 4 is 35.1 Å². The summed E-state index contributed by atoms with van der Waals surface area (Å²) >= 11 is 0. The number of hydrogen-bond acceptors (Lipinski definition) is 6. The Morgan fingerprint density at radius 3 is 1.56 bits per heavy atom. The van der Waals surface area contributed by atoms with E-state index in [1.807, 2.05) is 0 Å². The SMILES string of the molecule is O=C1CCCC(=O)C1(C/C=C/c1ccccc1[N+](=O)[O-])C/C=C/c1ccccc1[N+](=O)[O-]. The minimum absolute atomic E-state index is 0.0598. The summed E-state index contributed by atoms with van der Waals surface area (Å²) < 4.78 is 0. The number of carbonyl (C=O) groups is 2. The summed E-state index contributed by atoms with van der Waals surface area (Å²) in [5.41, 5.74) is -0.610. The van der Waals surface area contributed by atoms with Gasteiger partial charge in [-0.1, -0.05) is 48.6 Å². The second kappa shape index (κ2) is 9.91. The van der Waals surface area contributed by atoms with Crippen LogP contribution in [0.3, 0.4) is 0 Å². The molecule has 8 heteroatoms. The first-order valence-electron chi connectivity index (χ1n) is 10.2. The van der Waals surface area contributed by atoms with Crippen molar-refractivity contribution in [2.24, 2.45) is 5.41 Å². The molecule has 0 radical (unpaired) electrons. The molecule has 164 valence electrons. The average Bonchev–Trinajstić information content (AvgIpc) is 2.77. The maximum atomic E-state index is 12.9. The van der Waals surface area contributed by atoms with Gasteiger partial charge in [0, 0.05) is 25.0 Å². The predicted molar refractivity (Wildman–Crippen MR) is 120 cm³/mol. The lowest BCUT2D eigenvalue weighted by Gasteiger charge is -2.32. The summed E-state index contributed by atoms with van der Waals surface area (Å²) in [6.45, 7) is 0. The van der Waals surface area contributed by atoms with E-state index >= 15 is 0 Å². The van der Waals surface area contributed by atoms with E-state index in [1.54, 1.807) is 60.7 Å². The molecular formula is C24H22N2O6. The van der Waals surface area contributed by atoms with Gasteiger partial charge in [0.05, 0.1) is 26.4 Å². The van der Waals surface area contributed by atoms with Crippen LogP contribution in [0.4, 0.5) is 11.4 Å². The molecule has 3 rings (SSSR count). The highest BCUT2D eigenvalue weighted by atomic mass is 16.6. The fourth-order valence-corrected chi connectivity index (χ4v) is 3.95. The molecule has 0 atom stereocenters. The Labute approximate surface area is 184 Å². The highest BCUT2D eigenvalue weighted by Gasteiger charge is 2.44. The zero-order valence-corrected chi connectivity index (χ0v) is 17.3. The minimum Gasteiger partial charge on any atom is -0.299 e. The fourth-order valence-electron chi connectivity index (χ4n) is 3.95. The van der Waals surface area contributed by atoms with Crippen molar-refractivity contribution in [2.75, 3.05) is 0 Å². The number of allylic oxidation sites excluding steroid dienone is 2. The van der Waals surface area contributed by atoms with Crippen LogP contribution in [0.25, 0.3) is 12.2 Å². The van der Waals surface area contributed by atoms with Crippen LogP contribution in [0.5, 0.6) is 0 Å². The summed E-state index contributed by atoms with van der Waals surface area (Å²) in [5.74, 6) is -0.346. The third-order valence-electron chi connectivity index (χ3n) is 5.67. The second-order valence-corrected chi connectivity index (χ2v) is 7.63. The molecule has 1 aliphatic rings. The van der Waals surface area contributed by atoms with Gasteiger partial charge in [0.2, 0.25) is 0 Å². The van der Waals surface area contributed by atoms with Crippen molar-refractivity contribution in [3.63, 3.8) is 0 Å².